The molecule has 4 aromatic rings. The predicted molar refractivity (Wildman–Crippen MR) is 118 cm³/mol. The summed E-state index contributed by atoms with van der Waals surface area (Å²) in [6.07, 6.45) is 6.45. The van der Waals surface area contributed by atoms with Gasteiger partial charge in [0.2, 0.25) is 5.91 Å². The molecule has 1 aliphatic carbocycles. The smallest absolute Gasteiger partial charge is 0.268 e. The van der Waals surface area contributed by atoms with Crippen LogP contribution in [0.25, 0.3) is 22.0 Å². The van der Waals surface area contributed by atoms with Crippen LogP contribution >= 0.6 is 0 Å². The molecule has 0 saturated heterocycles. The Labute approximate surface area is 184 Å². The highest BCUT2D eigenvalue weighted by molar-refractivity contribution is 7.90. The molecule has 1 aliphatic rings. The average molecular weight is 453 g/mol. The van der Waals surface area contributed by atoms with Gasteiger partial charge in [0, 0.05) is 41.9 Å². The van der Waals surface area contributed by atoms with Crippen molar-refractivity contribution in [2.45, 2.75) is 23.8 Å². The number of amides is 1. The van der Waals surface area contributed by atoms with Gasteiger partial charge in [0.25, 0.3) is 10.0 Å². The Kier molecular flexibility index (Phi) is 4.85. The van der Waals surface area contributed by atoms with Crippen molar-refractivity contribution in [1.82, 2.24) is 19.1 Å². The van der Waals surface area contributed by atoms with Gasteiger partial charge in [-0.2, -0.15) is 5.10 Å². The molecule has 1 saturated carbocycles. The summed E-state index contributed by atoms with van der Waals surface area (Å²) >= 11 is 0. The Morgan fingerprint density at radius 2 is 1.88 bits per heavy atom. The lowest BCUT2D eigenvalue weighted by Gasteiger charge is -2.33. The molecule has 1 fully saturated rings. The molecule has 0 spiro atoms. The van der Waals surface area contributed by atoms with E-state index in [4.69, 9.17) is 0 Å². The number of benzene rings is 2. The number of fused-ring (bicyclic) bond motifs is 1. The highest BCUT2D eigenvalue weighted by Gasteiger charge is 2.35. The van der Waals surface area contributed by atoms with E-state index >= 15 is 0 Å². The highest BCUT2D eigenvalue weighted by Crippen LogP contribution is 2.39. The summed E-state index contributed by atoms with van der Waals surface area (Å²) in [6, 6.07) is 12.3. The van der Waals surface area contributed by atoms with E-state index < -0.39 is 15.8 Å². The van der Waals surface area contributed by atoms with E-state index in [1.165, 1.54) is 30.5 Å². The lowest BCUT2D eigenvalue weighted by atomic mass is 9.80. The van der Waals surface area contributed by atoms with Gasteiger partial charge in [0.15, 0.2) is 0 Å². The molecule has 2 aromatic heterocycles. The number of aromatic nitrogens is 3. The van der Waals surface area contributed by atoms with Crippen molar-refractivity contribution >= 4 is 26.8 Å². The van der Waals surface area contributed by atoms with Gasteiger partial charge in [-0.15, -0.1) is 0 Å². The molecule has 9 heteroatoms. The zero-order chi connectivity index (χ0) is 22.5. The van der Waals surface area contributed by atoms with Gasteiger partial charge < -0.3 is 5.32 Å². The molecular weight excluding hydrogens is 431 g/mol. The summed E-state index contributed by atoms with van der Waals surface area (Å²) in [5.41, 5.74) is 1.64. The van der Waals surface area contributed by atoms with Gasteiger partial charge in [0.05, 0.1) is 22.7 Å². The van der Waals surface area contributed by atoms with Crippen molar-refractivity contribution in [3.8, 4) is 11.1 Å². The molecule has 2 heterocycles. The fourth-order valence-electron chi connectivity index (χ4n) is 4.20. The van der Waals surface area contributed by atoms with Crippen molar-refractivity contribution in [3.63, 3.8) is 0 Å². The Bertz CT molecular complexity index is 1420. The van der Waals surface area contributed by atoms with E-state index in [-0.39, 0.29) is 28.3 Å². The van der Waals surface area contributed by atoms with Gasteiger partial charge in [-0.1, -0.05) is 18.2 Å². The fraction of sp³-hybridized carbons (Fsp3) is 0.217. The second-order valence-electron chi connectivity index (χ2n) is 7.96. The SMILES string of the molecule is CNC(=O)[C@H]1C[C@@H](n2cc(-c3cn(S(=O)(=O)c4ccccc4)c4cc(F)ccc34)cn2)C1. The Morgan fingerprint density at radius 1 is 1.12 bits per heavy atom. The van der Waals surface area contributed by atoms with Crippen molar-refractivity contribution < 1.29 is 17.6 Å². The molecule has 164 valence electrons. The molecule has 0 radical (unpaired) electrons. The van der Waals surface area contributed by atoms with Crippen molar-refractivity contribution in [3.05, 3.63) is 72.9 Å². The summed E-state index contributed by atoms with van der Waals surface area (Å²) in [5.74, 6) is -0.500. The standard InChI is InChI=1S/C23H21FN4O3S/c1-25-23(29)15-9-18(10-15)27-13-16(12-26-27)21-14-28(22-11-17(24)7-8-20(21)22)32(30,31)19-5-3-2-4-6-19/h2-8,11-15,18H,9-10H2,1H3,(H,25,29)/t15-,18+. The zero-order valence-corrected chi connectivity index (χ0v) is 18.1. The Hall–Kier alpha value is -3.46. The number of nitrogens with one attached hydrogen (secondary N) is 1. The molecular formula is C23H21FN4O3S. The number of halogens is 1. The molecule has 2 aromatic carbocycles. The van der Waals surface area contributed by atoms with Gasteiger partial charge >= 0.3 is 0 Å². The lowest BCUT2D eigenvalue weighted by Crippen LogP contribution is -2.38. The van der Waals surface area contributed by atoms with Gasteiger partial charge in [-0.3, -0.25) is 9.48 Å². The van der Waals surface area contributed by atoms with E-state index in [2.05, 4.69) is 10.4 Å². The minimum absolute atomic E-state index is 0.0152. The van der Waals surface area contributed by atoms with Crippen LogP contribution in [-0.4, -0.2) is 35.1 Å². The molecule has 7 nitrogen and oxygen atoms in total. The predicted octanol–water partition coefficient (Wildman–Crippen LogP) is 3.58. The first-order chi connectivity index (χ1) is 15.4. The number of rotatable bonds is 5. The summed E-state index contributed by atoms with van der Waals surface area (Å²) in [6.45, 7) is 0. The third-order valence-electron chi connectivity index (χ3n) is 6.05. The fourth-order valence-corrected chi connectivity index (χ4v) is 5.59. The first-order valence-corrected chi connectivity index (χ1v) is 11.7. The molecule has 0 aliphatic heterocycles. The monoisotopic (exact) mass is 452 g/mol. The van der Waals surface area contributed by atoms with Crippen LogP contribution < -0.4 is 5.32 Å². The summed E-state index contributed by atoms with van der Waals surface area (Å²) in [5, 5.41) is 7.72. The maximum atomic E-state index is 14.1. The molecule has 1 amide bonds. The van der Waals surface area contributed by atoms with Crippen molar-refractivity contribution in [1.29, 1.82) is 0 Å². The molecule has 5 rings (SSSR count). The van der Waals surface area contributed by atoms with Crippen LogP contribution in [0, 0.1) is 11.7 Å². The topological polar surface area (TPSA) is 86.0 Å². The summed E-state index contributed by atoms with van der Waals surface area (Å²) in [4.78, 5) is 11.9. The van der Waals surface area contributed by atoms with Crippen LogP contribution in [0.1, 0.15) is 18.9 Å². The largest absolute Gasteiger partial charge is 0.359 e. The number of nitrogens with zero attached hydrogens (tertiary/aromatic N) is 3. The van der Waals surface area contributed by atoms with Crippen LogP contribution in [-0.2, 0) is 14.8 Å². The molecule has 0 unspecified atom stereocenters. The van der Waals surface area contributed by atoms with Gasteiger partial charge in [-0.25, -0.2) is 16.8 Å². The average Bonchev–Trinajstić information content (AvgIpc) is 3.38. The van der Waals surface area contributed by atoms with E-state index in [1.807, 2.05) is 10.9 Å². The molecule has 32 heavy (non-hydrogen) atoms. The first kappa shape index (κ1) is 20.4. The van der Waals surface area contributed by atoms with Crippen LogP contribution in [0.4, 0.5) is 4.39 Å². The Balaban J connectivity index is 1.56. The van der Waals surface area contributed by atoms with Crippen LogP contribution in [0.3, 0.4) is 0 Å². The van der Waals surface area contributed by atoms with E-state index in [0.29, 0.717) is 23.8 Å². The molecule has 0 bridgehead atoms. The maximum absolute atomic E-state index is 14.1. The third-order valence-corrected chi connectivity index (χ3v) is 7.74. The molecule has 1 N–H and O–H groups in total. The van der Waals surface area contributed by atoms with Crippen molar-refractivity contribution in [2.75, 3.05) is 7.05 Å². The number of carbonyl (C=O) groups excluding carboxylic acids is 1. The van der Waals surface area contributed by atoms with Gasteiger partial charge in [-0.05, 0) is 43.2 Å². The van der Waals surface area contributed by atoms with Crippen molar-refractivity contribution in [2.24, 2.45) is 5.92 Å². The summed E-state index contributed by atoms with van der Waals surface area (Å²) in [7, 11) is -2.29. The maximum Gasteiger partial charge on any atom is 0.268 e. The van der Waals surface area contributed by atoms with E-state index in [9.17, 15) is 17.6 Å². The second kappa shape index (κ2) is 7.59. The van der Waals surface area contributed by atoms with Crippen LogP contribution in [0.5, 0.6) is 0 Å². The summed E-state index contributed by atoms with van der Waals surface area (Å²) < 4.78 is 43.6. The highest BCUT2D eigenvalue weighted by atomic mass is 32.2. The normalized spacial score (nSPS) is 18.4. The minimum Gasteiger partial charge on any atom is -0.359 e. The number of hydrogen-bond acceptors (Lipinski definition) is 4. The number of hydrogen-bond donors (Lipinski definition) is 1. The van der Waals surface area contributed by atoms with Gasteiger partial charge in [0.1, 0.15) is 5.82 Å². The van der Waals surface area contributed by atoms with Crippen LogP contribution in [0.2, 0.25) is 0 Å². The Morgan fingerprint density at radius 3 is 2.59 bits per heavy atom. The number of carbonyl (C=O) groups is 1. The van der Waals surface area contributed by atoms with E-state index in [1.54, 1.807) is 37.5 Å². The van der Waals surface area contributed by atoms with Crippen LogP contribution in [0.15, 0.2) is 72.0 Å². The minimum atomic E-state index is -3.91. The lowest BCUT2D eigenvalue weighted by molar-refractivity contribution is -0.128. The molecule has 0 atom stereocenters. The zero-order valence-electron chi connectivity index (χ0n) is 17.3. The first-order valence-electron chi connectivity index (χ1n) is 10.3. The third kappa shape index (κ3) is 3.29. The second-order valence-corrected chi connectivity index (χ2v) is 9.78. The quantitative estimate of drug-likeness (QED) is 0.502. The van der Waals surface area contributed by atoms with E-state index in [0.717, 1.165) is 9.54 Å².